The summed E-state index contributed by atoms with van der Waals surface area (Å²) in [4.78, 5) is 10.4. The Hall–Kier alpha value is -0.520. The molecular formula is C7H14N2O3. The molecule has 1 aliphatic rings. The molecule has 0 aromatic heterocycles. The van der Waals surface area contributed by atoms with E-state index in [2.05, 4.69) is 5.18 Å². The summed E-state index contributed by atoms with van der Waals surface area (Å²) in [6, 6.07) is -0.471. The van der Waals surface area contributed by atoms with Crippen LogP contribution in [0.15, 0.2) is 5.18 Å². The van der Waals surface area contributed by atoms with Crippen LogP contribution in [0, 0.1) is 4.91 Å². The highest BCUT2D eigenvalue weighted by atomic mass is 16.7. The van der Waals surface area contributed by atoms with Crippen molar-refractivity contribution in [2.75, 3.05) is 20.0 Å². The Labute approximate surface area is 71.2 Å². The summed E-state index contributed by atoms with van der Waals surface area (Å²) < 4.78 is 10.1. The molecule has 1 heterocycles. The highest BCUT2D eigenvalue weighted by Gasteiger charge is 2.32. The van der Waals surface area contributed by atoms with Gasteiger partial charge in [0.15, 0.2) is 0 Å². The second-order valence-corrected chi connectivity index (χ2v) is 3.27. The second-order valence-electron chi connectivity index (χ2n) is 3.27. The van der Waals surface area contributed by atoms with Gasteiger partial charge < -0.3 is 15.2 Å². The average Bonchev–Trinajstić information content (AvgIpc) is 1.99. The largest absolute Gasteiger partial charge is 0.355 e. The molecule has 2 N–H and O–H groups in total. The molecule has 0 radical (unpaired) electrons. The molecule has 0 spiro atoms. The summed E-state index contributed by atoms with van der Waals surface area (Å²) in [5, 5.41) is 2.95. The molecule has 0 aromatic carbocycles. The summed E-state index contributed by atoms with van der Waals surface area (Å²) >= 11 is 0. The molecule has 1 saturated heterocycles. The van der Waals surface area contributed by atoms with Crippen LogP contribution in [-0.2, 0) is 9.47 Å². The van der Waals surface area contributed by atoms with Gasteiger partial charge in [0, 0.05) is 5.54 Å². The number of nitroso groups, excluding NO2 is 1. The number of hydrogen-bond donors (Lipinski definition) is 1. The predicted molar refractivity (Wildman–Crippen MR) is 43.6 cm³/mol. The van der Waals surface area contributed by atoms with Gasteiger partial charge in [0.25, 0.3) is 0 Å². The highest BCUT2D eigenvalue weighted by molar-refractivity contribution is 4.92. The highest BCUT2D eigenvalue weighted by Crippen LogP contribution is 2.17. The molecule has 0 unspecified atom stereocenters. The Morgan fingerprint density at radius 1 is 1.58 bits per heavy atom. The van der Waals surface area contributed by atoms with Crippen LogP contribution in [0.3, 0.4) is 0 Å². The lowest BCUT2D eigenvalue weighted by Crippen LogP contribution is -2.51. The molecule has 0 bridgehead atoms. The topological polar surface area (TPSA) is 73.9 Å². The summed E-state index contributed by atoms with van der Waals surface area (Å²) in [6.45, 7) is 2.77. The lowest BCUT2D eigenvalue weighted by atomic mass is 9.91. The van der Waals surface area contributed by atoms with Crippen molar-refractivity contribution < 1.29 is 9.47 Å². The predicted octanol–water partition coefficient (Wildman–Crippen LogP) is 0.233. The van der Waals surface area contributed by atoms with Gasteiger partial charge in [-0.1, -0.05) is 5.18 Å². The molecule has 0 saturated carbocycles. The van der Waals surface area contributed by atoms with E-state index in [0.717, 1.165) is 0 Å². The van der Waals surface area contributed by atoms with Crippen molar-refractivity contribution in [2.45, 2.75) is 24.9 Å². The standard InChI is InChI=1S/C7H14N2O3/c1-7(8)2-3-11-5-12-4-6(7)9-10/h6H,2-5,8H2,1H3/t6-,7+/m0/s1. The van der Waals surface area contributed by atoms with Crippen LogP contribution in [0.4, 0.5) is 0 Å². The number of nitrogens with two attached hydrogens (primary N) is 1. The van der Waals surface area contributed by atoms with E-state index in [1.165, 1.54) is 0 Å². The van der Waals surface area contributed by atoms with Gasteiger partial charge in [-0.15, -0.1) is 0 Å². The maximum atomic E-state index is 10.4. The Balaban J connectivity index is 2.58. The van der Waals surface area contributed by atoms with E-state index in [1.807, 2.05) is 0 Å². The van der Waals surface area contributed by atoms with E-state index in [1.54, 1.807) is 6.92 Å². The first-order chi connectivity index (χ1) is 5.67. The molecule has 1 fully saturated rings. The van der Waals surface area contributed by atoms with Gasteiger partial charge in [-0.2, -0.15) is 4.91 Å². The molecule has 1 aliphatic heterocycles. The van der Waals surface area contributed by atoms with Crippen molar-refractivity contribution in [2.24, 2.45) is 10.9 Å². The average molecular weight is 174 g/mol. The third kappa shape index (κ3) is 2.23. The minimum Gasteiger partial charge on any atom is -0.355 e. The van der Waals surface area contributed by atoms with Gasteiger partial charge in [0.1, 0.15) is 12.8 Å². The van der Waals surface area contributed by atoms with Crippen molar-refractivity contribution in [3.63, 3.8) is 0 Å². The van der Waals surface area contributed by atoms with Crippen LogP contribution in [0.1, 0.15) is 13.3 Å². The van der Waals surface area contributed by atoms with Crippen molar-refractivity contribution in [1.82, 2.24) is 0 Å². The maximum Gasteiger partial charge on any atom is 0.146 e. The molecular weight excluding hydrogens is 160 g/mol. The molecule has 2 atom stereocenters. The fourth-order valence-electron chi connectivity index (χ4n) is 1.08. The fourth-order valence-corrected chi connectivity index (χ4v) is 1.08. The van der Waals surface area contributed by atoms with Gasteiger partial charge in [-0.25, -0.2) is 0 Å². The van der Waals surface area contributed by atoms with Gasteiger partial charge in [0.2, 0.25) is 0 Å². The summed E-state index contributed by atoms with van der Waals surface area (Å²) in [7, 11) is 0. The molecule has 0 amide bonds. The zero-order valence-corrected chi connectivity index (χ0v) is 7.16. The van der Waals surface area contributed by atoms with Crippen LogP contribution >= 0.6 is 0 Å². The quantitative estimate of drug-likeness (QED) is 0.577. The maximum absolute atomic E-state index is 10.4. The number of ether oxygens (including phenoxy) is 2. The zero-order valence-electron chi connectivity index (χ0n) is 7.16. The van der Waals surface area contributed by atoms with Crippen LogP contribution in [-0.4, -0.2) is 31.6 Å². The first kappa shape index (κ1) is 9.57. The lowest BCUT2D eigenvalue weighted by molar-refractivity contribution is -0.0818. The third-order valence-corrected chi connectivity index (χ3v) is 2.12. The Morgan fingerprint density at radius 2 is 2.33 bits per heavy atom. The summed E-state index contributed by atoms with van der Waals surface area (Å²) in [5.41, 5.74) is 5.24. The van der Waals surface area contributed by atoms with Crippen LogP contribution in [0.25, 0.3) is 0 Å². The van der Waals surface area contributed by atoms with Crippen molar-refractivity contribution in [3.8, 4) is 0 Å². The Bertz CT molecular complexity index is 161. The number of hydrogen-bond acceptors (Lipinski definition) is 5. The molecule has 70 valence electrons. The first-order valence-corrected chi connectivity index (χ1v) is 3.93. The molecule has 0 aliphatic carbocycles. The third-order valence-electron chi connectivity index (χ3n) is 2.12. The second kappa shape index (κ2) is 3.93. The van der Waals surface area contributed by atoms with Crippen molar-refractivity contribution in [1.29, 1.82) is 0 Å². The zero-order chi connectivity index (χ0) is 9.03. The van der Waals surface area contributed by atoms with Gasteiger partial charge >= 0.3 is 0 Å². The summed E-state index contributed by atoms with van der Waals surface area (Å²) in [6.07, 6.45) is 0.632. The van der Waals surface area contributed by atoms with Crippen LogP contribution in [0.5, 0.6) is 0 Å². The Morgan fingerprint density at radius 3 is 3.00 bits per heavy atom. The first-order valence-electron chi connectivity index (χ1n) is 3.93. The van der Waals surface area contributed by atoms with E-state index >= 15 is 0 Å². The number of rotatable bonds is 1. The monoisotopic (exact) mass is 174 g/mol. The van der Waals surface area contributed by atoms with E-state index in [9.17, 15) is 4.91 Å². The van der Waals surface area contributed by atoms with Crippen LogP contribution in [0.2, 0.25) is 0 Å². The van der Waals surface area contributed by atoms with Crippen molar-refractivity contribution >= 4 is 0 Å². The normalized spacial score (nSPS) is 38.3. The van der Waals surface area contributed by atoms with Gasteiger partial charge in [0.05, 0.1) is 13.2 Å². The fraction of sp³-hybridized carbons (Fsp3) is 1.00. The van der Waals surface area contributed by atoms with E-state index < -0.39 is 11.6 Å². The molecule has 0 aromatic rings. The van der Waals surface area contributed by atoms with E-state index in [4.69, 9.17) is 15.2 Å². The van der Waals surface area contributed by atoms with E-state index in [0.29, 0.717) is 13.0 Å². The van der Waals surface area contributed by atoms with Crippen LogP contribution < -0.4 is 5.73 Å². The molecule has 1 rings (SSSR count). The van der Waals surface area contributed by atoms with Gasteiger partial charge in [-0.05, 0) is 13.3 Å². The smallest absolute Gasteiger partial charge is 0.146 e. The molecule has 5 nitrogen and oxygen atoms in total. The minimum atomic E-state index is -0.609. The minimum absolute atomic E-state index is 0.224. The summed E-state index contributed by atoms with van der Waals surface area (Å²) in [5.74, 6) is 0. The van der Waals surface area contributed by atoms with Crippen molar-refractivity contribution in [3.05, 3.63) is 4.91 Å². The molecule has 5 heteroatoms. The molecule has 12 heavy (non-hydrogen) atoms. The number of nitrogens with zero attached hydrogens (tertiary/aromatic N) is 1. The lowest BCUT2D eigenvalue weighted by Gasteiger charge is -2.30. The Kier molecular flexibility index (Phi) is 3.13. The van der Waals surface area contributed by atoms with E-state index in [-0.39, 0.29) is 13.4 Å². The SMILES string of the molecule is C[C@@]1(N)CCOCOC[C@@H]1N=O. The van der Waals surface area contributed by atoms with Gasteiger partial charge in [-0.3, -0.25) is 0 Å².